The Labute approximate surface area is 169 Å². The van der Waals surface area contributed by atoms with Crippen LogP contribution < -0.4 is 11.2 Å². The Bertz CT molecular complexity index is 1240. The molecule has 2 radical (unpaired) electrons. The van der Waals surface area contributed by atoms with Crippen LogP contribution >= 0.6 is 0 Å². The molecule has 7 heteroatoms. The molecule has 0 aromatic carbocycles. The van der Waals surface area contributed by atoms with Gasteiger partial charge < -0.3 is 5.73 Å². The van der Waals surface area contributed by atoms with Crippen LogP contribution in [0.4, 0.5) is 5.82 Å². The molecule has 0 saturated carbocycles. The summed E-state index contributed by atoms with van der Waals surface area (Å²) >= 11 is 0. The van der Waals surface area contributed by atoms with Crippen LogP contribution in [0.3, 0.4) is 0 Å². The molecule has 0 saturated heterocycles. The summed E-state index contributed by atoms with van der Waals surface area (Å²) in [6, 6.07) is 7.84. The fourth-order valence-electron chi connectivity index (χ4n) is 3.54. The zero-order valence-electron chi connectivity index (χ0n) is 15.6. The first-order chi connectivity index (χ1) is 14.2. The average Bonchev–Trinajstić information content (AvgIpc) is 3.22. The molecule has 4 aromatic rings. The first-order valence-corrected chi connectivity index (χ1v) is 9.35. The van der Waals surface area contributed by atoms with E-state index in [4.69, 9.17) is 18.6 Å². The molecular weight excluding hydrogens is 359 g/mol. The van der Waals surface area contributed by atoms with Crippen molar-refractivity contribution in [3.8, 4) is 22.4 Å². The molecule has 4 aromatic heterocycles. The van der Waals surface area contributed by atoms with E-state index in [2.05, 4.69) is 45.4 Å². The van der Waals surface area contributed by atoms with Crippen LogP contribution in [0.15, 0.2) is 73.4 Å². The number of hydrogen-bond acceptors (Lipinski definition) is 5. The summed E-state index contributed by atoms with van der Waals surface area (Å²) in [6.07, 6.45) is 16.4. The lowest BCUT2D eigenvalue weighted by Gasteiger charge is -2.13. The quantitative estimate of drug-likeness (QED) is 0.556. The molecule has 4 heterocycles. The molecule has 29 heavy (non-hydrogen) atoms. The Hall–Kier alpha value is -3.74. The standard InChI is InChI=1S/C22H17BN6/c23-19-20(16-7-4-10-25-11-16)28-22-17(13-27-29(22)21(19)24)15-8-9-18(26-12-15)14-5-2-1-3-6-14/h1-5,7-14H,6,24H2. The number of nitrogen functional groups attached to an aromatic ring is 1. The van der Waals surface area contributed by atoms with Gasteiger partial charge in [-0.2, -0.15) is 9.61 Å². The highest BCUT2D eigenvalue weighted by atomic mass is 15.3. The van der Waals surface area contributed by atoms with Crippen molar-refractivity contribution in [1.29, 1.82) is 0 Å². The van der Waals surface area contributed by atoms with E-state index in [-0.39, 0.29) is 0 Å². The largest absolute Gasteiger partial charge is 0.384 e. The number of aromatic nitrogens is 5. The molecule has 5 rings (SSSR count). The minimum absolute atomic E-state index is 0.309. The van der Waals surface area contributed by atoms with Crippen molar-refractivity contribution in [2.45, 2.75) is 12.3 Å². The third-order valence-electron chi connectivity index (χ3n) is 5.11. The Morgan fingerprint density at radius 2 is 2.00 bits per heavy atom. The van der Waals surface area contributed by atoms with Crippen LogP contribution in [-0.4, -0.2) is 32.4 Å². The third-order valence-corrected chi connectivity index (χ3v) is 5.11. The second-order valence-corrected chi connectivity index (χ2v) is 6.92. The zero-order chi connectivity index (χ0) is 19.8. The molecular formula is C22H17BN6. The van der Waals surface area contributed by atoms with E-state index in [0.29, 0.717) is 28.5 Å². The van der Waals surface area contributed by atoms with Crippen LogP contribution in [0.1, 0.15) is 18.0 Å². The molecule has 1 unspecified atom stereocenters. The number of anilines is 1. The number of hydrogen-bond donors (Lipinski definition) is 1. The van der Waals surface area contributed by atoms with Gasteiger partial charge in [-0.05, 0) is 30.1 Å². The maximum Gasteiger partial charge on any atom is 0.165 e. The van der Waals surface area contributed by atoms with E-state index in [1.165, 1.54) is 0 Å². The molecule has 1 aliphatic carbocycles. The fraction of sp³-hybridized carbons (Fsp3) is 0.0909. The van der Waals surface area contributed by atoms with Gasteiger partial charge in [0.25, 0.3) is 0 Å². The van der Waals surface area contributed by atoms with Crippen molar-refractivity contribution >= 4 is 24.8 Å². The lowest BCUT2D eigenvalue weighted by Crippen LogP contribution is -2.20. The van der Waals surface area contributed by atoms with Gasteiger partial charge in [-0.1, -0.05) is 30.4 Å². The van der Waals surface area contributed by atoms with Crippen LogP contribution in [0.25, 0.3) is 28.0 Å². The summed E-state index contributed by atoms with van der Waals surface area (Å²) < 4.78 is 1.56. The number of pyridine rings is 2. The third kappa shape index (κ3) is 3.01. The highest BCUT2D eigenvalue weighted by Gasteiger charge is 2.17. The number of nitrogens with two attached hydrogens (primary N) is 1. The fourth-order valence-corrected chi connectivity index (χ4v) is 3.54. The molecule has 0 bridgehead atoms. The summed E-state index contributed by atoms with van der Waals surface area (Å²) in [4.78, 5) is 13.6. The summed E-state index contributed by atoms with van der Waals surface area (Å²) in [6.45, 7) is 0. The van der Waals surface area contributed by atoms with Crippen molar-refractivity contribution in [1.82, 2.24) is 24.6 Å². The normalized spacial score (nSPS) is 15.8. The molecule has 0 spiro atoms. The first-order valence-electron chi connectivity index (χ1n) is 9.35. The van der Waals surface area contributed by atoms with Crippen molar-refractivity contribution in [3.05, 3.63) is 79.1 Å². The molecule has 1 atom stereocenters. The smallest absolute Gasteiger partial charge is 0.165 e. The Kier molecular flexibility index (Phi) is 4.20. The van der Waals surface area contributed by atoms with Gasteiger partial charge >= 0.3 is 0 Å². The van der Waals surface area contributed by atoms with E-state index in [0.717, 1.165) is 28.8 Å². The van der Waals surface area contributed by atoms with E-state index in [1.807, 2.05) is 24.4 Å². The summed E-state index contributed by atoms with van der Waals surface area (Å²) in [5.74, 6) is 0.660. The Morgan fingerprint density at radius 3 is 2.72 bits per heavy atom. The molecule has 0 amide bonds. The van der Waals surface area contributed by atoms with Gasteiger partial charge in [0.2, 0.25) is 0 Å². The first kappa shape index (κ1) is 17.4. The lowest BCUT2D eigenvalue weighted by atomic mass is 9.91. The van der Waals surface area contributed by atoms with Gasteiger partial charge in [0, 0.05) is 46.9 Å². The summed E-state index contributed by atoms with van der Waals surface area (Å²) in [5, 5.41) is 4.39. The van der Waals surface area contributed by atoms with Crippen LogP contribution in [0.2, 0.25) is 0 Å². The molecule has 0 aliphatic heterocycles. The van der Waals surface area contributed by atoms with Gasteiger partial charge in [-0.15, -0.1) is 0 Å². The molecule has 6 nitrogen and oxygen atoms in total. The van der Waals surface area contributed by atoms with E-state index >= 15 is 0 Å². The van der Waals surface area contributed by atoms with Crippen molar-refractivity contribution in [3.63, 3.8) is 0 Å². The zero-order valence-corrected chi connectivity index (χ0v) is 15.6. The van der Waals surface area contributed by atoms with E-state index < -0.39 is 0 Å². The lowest BCUT2D eigenvalue weighted by molar-refractivity contribution is 0.816. The van der Waals surface area contributed by atoms with Gasteiger partial charge in [-0.3, -0.25) is 9.97 Å². The topological polar surface area (TPSA) is 82.0 Å². The van der Waals surface area contributed by atoms with E-state index in [9.17, 15) is 0 Å². The predicted molar refractivity (Wildman–Crippen MR) is 115 cm³/mol. The van der Waals surface area contributed by atoms with Crippen LogP contribution in [-0.2, 0) is 0 Å². The van der Waals surface area contributed by atoms with E-state index in [1.54, 1.807) is 23.1 Å². The molecule has 138 valence electrons. The number of allylic oxidation sites excluding steroid dienone is 4. The monoisotopic (exact) mass is 376 g/mol. The molecule has 2 N–H and O–H groups in total. The van der Waals surface area contributed by atoms with Crippen molar-refractivity contribution in [2.75, 3.05) is 5.73 Å². The minimum atomic E-state index is 0.309. The van der Waals surface area contributed by atoms with Crippen LogP contribution in [0, 0.1) is 0 Å². The van der Waals surface area contributed by atoms with Gasteiger partial charge in [0.1, 0.15) is 13.7 Å². The summed E-state index contributed by atoms with van der Waals surface area (Å²) in [7, 11) is 6.23. The average molecular weight is 376 g/mol. The van der Waals surface area contributed by atoms with Crippen molar-refractivity contribution in [2.24, 2.45) is 0 Å². The maximum absolute atomic E-state index is 6.25. The van der Waals surface area contributed by atoms with Gasteiger partial charge in [-0.25, -0.2) is 4.98 Å². The second-order valence-electron chi connectivity index (χ2n) is 6.92. The Balaban J connectivity index is 1.60. The molecule has 1 aliphatic rings. The SMILES string of the molecule is [B]c1c(-c2cccnc2)nc2c(-c3ccc(C4C=CC=CC4)nc3)cnn2c1N. The summed E-state index contributed by atoms with van der Waals surface area (Å²) in [5.41, 5.74) is 11.5. The number of fused-ring (bicyclic) bond motifs is 1. The van der Waals surface area contributed by atoms with Crippen molar-refractivity contribution < 1.29 is 0 Å². The van der Waals surface area contributed by atoms with Crippen LogP contribution in [0.5, 0.6) is 0 Å². The minimum Gasteiger partial charge on any atom is -0.384 e. The maximum atomic E-state index is 6.25. The second kappa shape index (κ2) is 7.02. The highest BCUT2D eigenvalue weighted by molar-refractivity contribution is 6.38. The highest BCUT2D eigenvalue weighted by Crippen LogP contribution is 2.28. The predicted octanol–water partition coefficient (Wildman–Crippen LogP) is 2.83. The molecule has 0 fully saturated rings. The number of nitrogens with zero attached hydrogens (tertiary/aromatic N) is 5. The van der Waals surface area contributed by atoms with Gasteiger partial charge in [0.05, 0.1) is 11.9 Å². The number of rotatable bonds is 3. The van der Waals surface area contributed by atoms with Gasteiger partial charge in [0.15, 0.2) is 5.65 Å². The Morgan fingerprint density at radius 1 is 1.07 bits per heavy atom.